The maximum Gasteiger partial charge on any atom is 0.224 e. The SMILES string of the molecule is CCN(CC)c1ccc(Nc2cc(C)nc(NCCc3ccc(F)cc3)n2)cc1. The summed E-state index contributed by atoms with van der Waals surface area (Å²) in [6, 6.07) is 16.8. The van der Waals surface area contributed by atoms with Gasteiger partial charge in [0.2, 0.25) is 5.95 Å². The molecule has 0 amide bonds. The maximum atomic E-state index is 13.0. The van der Waals surface area contributed by atoms with Crippen molar-refractivity contribution in [1.29, 1.82) is 0 Å². The average molecular weight is 394 g/mol. The number of hydrogen-bond acceptors (Lipinski definition) is 5. The van der Waals surface area contributed by atoms with Crippen LogP contribution in [0.15, 0.2) is 54.6 Å². The summed E-state index contributed by atoms with van der Waals surface area (Å²) in [5.41, 5.74) is 4.14. The molecule has 2 aromatic carbocycles. The van der Waals surface area contributed by atoms with Crippen LogP contribution in [0.2, 0.25) is 0 Å². The lowest BCUT2D eigenvalue weighted by atomic mass is 10.1. The van der Waals surface area contributed by atoms with E-state index in [1.54, 1.807) is 12.1 Å². The Morgan fingerprint density at radius 1 is 0.931 bits per heavy atom. The molecule has 0 radical (unpaired) electrons. The maximum absolute atomic E-state index is 13.0. The quantitative estimate of drug-likeness (QED) is 0.525. The number of aryl methyl sites for hydroxylation is 1. The number of halogens is 1. The molecule has 5 nitrogen and oxygen atoms in total. The molecule has 0 saturated carbocycles. The van der Waals surface area contributed by atoms with Gasteiger partial charge in [0.25, 0.3) is 0 Å². The fourth-order valence-corrected chi connectivity index (χ4v) is 3.17. The van der Waals surface area contributed by atoms with E-state index in [1.807, 2.05) is 13.0 Å². The molecule has 1 aromatic heterocycles. The molecule has 29 heavy (non-hydrogen) atoms. The number of hydrogen-bond donors (Lipinski definition) is 2. The van der Waals surface area contributed by atoms with E-state index >= 15 is 0 Å². The van der Waals surface area contributed by atoms with Crippen molar-refractivity contribution in [3.8, 4) is 0 Å². The van der Waals surface area contributed by atoms with Crippen molar-refractivity contribution >= 4 is 23.1 Å². The molecule has 2 N–H and O–H groups in total. The van der Waals surface area contributed by atoms with Gasteiger partial charge in [-0.25, -0.2) is 9.37 Å². The lowest BCUT2D eigenvalue weighted by Gasteiger charge is -2.21. The van der Waals surface area contributed by atoms with Gasteiger partial charge in [0.1, 0.15) is 11.6 Å². The molecule has 0 unspecified atom stereocenters. The Labute approximate surface area is 172 Å². The van der Waals surface area contributed by atoms with Gasteiger partial charge in [0, 0.05) is 42.8 Å². The second-order valence-electron chi connectivity index (χ2n) is 6.87. The highest BCUT2D eigenvalue weighted by atomic mass is 19.1. The van der Waals surface area contributed by atoms with E-state index in [9.17, 15) is 4.39 Å². The fourth-order valence-electron chi connectivity index (χ4n) is 3.17. The van der Waals surface area contributed by atoms with Gasteiger partial charge >= 0.3 is 0 Å². The van der Waals surface area contributed by atoms with Gasteiger partial charge < -0.3 is 15.5 Å². The monoisotopic (exact) mass is 393 g/mol. The van der Waals surface area contributed by atoms with Gasteiger partial charge in [0.15, 0.2) is 0 Å². The smallest absolute Gasteiger partial charge is 0.224 e. The Morgan fingerprint density at radius 3 is 2.28 bits per heavy atom. The molecule has 1 heterocycles. The second-order valence-corrected chi connectivity index (χ2v) is 6.87. The first-order chi connectivity index (χ1) is 14.1. The van der Waals surface area contributed by atoms with Crippen molar-refractivity contribution in [1.82, 2.24) is 9.97 Å². The minimum absolute atomic E-state index is 0.218. The van der Waals surface area contributed by atoms with Crippen LogP contribution in [0.25, 0.3) is 0 Å². The Hall–Kier alpha value is -3.15. The third-order valence-electron chi connectivity index (χ3n) is 4.73. The van der Waals surface area contributed by atoms with Gasteiger partial charge in [-0.05, 0) is 69.2 Å². The number of anilines is 4. The Kier molecular flexibility index (Phi) is 7.00. The highest BCUT2D eigenvalue weighted by molar-refractivity contribution is 5.61. The molecular formula is C23H28FN5. The summed E-state index contributed by atoms with van der Waals surface area (Å²) in [4.78, 5) is 11.3. The molecule has 0 atom stereocenters. The molecule has 152 valence electrons. The molecule has 3 aromatic rings. The lowest BCUT2D eigenvalue weighted by Crippen LogP contribution is -2.21. The van der Waals surface area contributed by atoms with Gasteiger partial charge in [-0.15, -0.1) is 0 Å². The molecule has 3 rings (SSSR count). The number of nitrogens with zero attached hydrogens (tertiary/aromatic N) is 3. The van der Waals surface area contributed by atoms with Crippen LogP contribution in [0.5, 0.6) is 0 Å². The molecular weight excluding hydrogens is 365 g/mol. The third kappa shape index (κ3) is 5.91. The number of nitrogens with one attached hydrogen (secondary N) is 2. The van der Waals surface area contributed by atoms with Crippen LogP contribution in [0.1, 0.15) is 25.1 Å². The zero-order valence-corrected chi connectivity index (χ0v) is 17.2. The first-order valence-corrected chi connectivity index (χ1v) is 10.0. The second kappa shape index (κ2) is 9.87. The number of aromatic nitrogens is 2. The van der Waals surface area contributed by atoms with Crippen LogP contribution in [-0.2, 0) is 6.42 Å². The van der Waals surface area contributed by atoms with E-state index in [4.69, 9.17) is 0 Å². The van der Waals surface area contributed by atoms with Crippen molar-refractivity contribution < 1.29 is 4.39 Å². The van der Waals surface area contributed by atoms with Crippen molar-refractivity contribution in [3.05, 3.63) is 71.7 Å². The molecule has 0 aliphatic carbocycles. The Balaban J connectivity index is 1.61. The third-order valence-corrected chi connectivity index (χ3v) is 4.73. The van der Waals surface area contributed by atoms with E-state index in [-0.39, 0.29) is 5.82 Å². The van der Waals surface area contributed by atoms with E-state index in [1.165, 1.54) is 17.8 Å². The molecule has 6 heteroatoms. The first kappa shape index (κ1) is 20.6. The summed E-state index contributed by atoms with van der Waals surface area (Å²) < 4.78 is 13.0. The predicted octanol–water partition coefficient (Wildman–Crippen LogP) is 5.17. The number of benzene rings is 2. The summed E-state index contributed by atoms with van der Waals surface area (Å²) >= 11 is 0. The zero-order valence-electron chi connectivity index (χ0n) is 17.2. The number of rotatable bonds is 9. The fraction of sp³-hybridized carbons (Fsp3) is 0.304. The first-order valence-electron chi connectivity index (χ1n) is 10.0. The minimum atomic E-state index is -0.218. The van der Waals surface area contributed by atoms with Gasteiger partial charge in [0.05, 0.1) is 0 Å². The van der Waals surface area contributed by atoms with Crippen molar-refractivity contribution in [2.45, 2.75) is 27.2 Å². The van der Waals surface area contributed by atoms with E-state index in [2.05, 4.69) is 63.6 Å². The molecule has 0 spiro atoms. The van der Waals surface area contributed by atoms with Crippen molar-refractivity contribution in [2.75, 3.05) is 35.2 Å². The van der Waals surface area contributed by atoms with Crippen molar-refractivity contribution in [2.24, 2.45) is 0 Å². The summed E-state index contributed by atoms with van der Waals surface area (Å²) in [7, 11) is 0. The van der Waals surface area contributed by atoms with Gasteiger partial charge in [-0.3, -0.25) is 0 Å². The molecule has 0 fully saturated rings. The molecule has 0 bridgehead atoms. The van der Waals surface area contributed by atoms with Crippen LogP contribution in [0.3, 0.4) is 0 Å². The zero-order chi connectivity index (χ0) is 20.6. The summed E-state index contributed by atoms with van der Waals surface area (Å²) in [6.45, 7) is 8.91. The molecule has 0 saturated heterocycles. The van der Waals surface area contributed by atoms with Gasteiger partial charge in [-0.2, -0.15) is 4.98 Å². The standard InChI is InChI=1S/C23H28FN5/c1-4-29(5-2)21-12-10-20(11-13-21)27-22-16-17(3)26-23(28-22)25-15-14-18-6-8-19(24)9-7-18/h6-13,16H,4-5,14-15H2,1-3H3,(H2,25,26,27,28). The molecule has 0 aliphatic rings. The Bertz CT molecular complexity index is 906. The van der Waals surface area contributed by atoms with Crippen LogP contribution in [0.4, 0.5) is 27.5 Å². The van der Waals surface area contributed by atoms with Crippen LogP contribution in [-0.4, -0.2) is 29.6 Å². The van der Waals surface area contributed by atoms with E-state index in [0.29, 0.717) is 12.5 Å². The Morgan fingerprint density at radius 2 is 1.62 bits per heavy atom. The van der Waals surface area contributed by atoms with Crippen LogP contribution >= 0.6 is 0 Å². The largest absolute Gasteiger partial charge is 0.372 e. The normalized spacial score (nSPS) is 10.6. The topological polar surface area (TPSA) is 53.1 Å². The predicted molar refractivity (Wildman–Crippen MR) is 119 cm³/mol. The van der Waals surface area contributed by atoms with E-state index < -0.39 is 0 Å². The molecule has 0 aliphatic heterocycles. The van der Waals surface area contributed by atoms with Gasteiger partial charge in [-0.1, -0.05) is 12.1 Å². The summed E-state index contributed by atoms with van der Waals surface area (Å²) in [5, 5.41) is 6.60. The lowest BCUT2D eigenvalue weighted by molar-refractivity contribution is 0.627. The summed E-state index contributed by atoms with van der Waals surface area (Å²) in [6.07, 6.45) is 0.771. The van der Waals surface area contributed by atoms with E-state index in [0.717, 1.165) is 42.3 Å². The van der Waals surface area contributed by atoms with Crippen LogP contribution < -0.4 is 15.5 Å². The summed E-state index contributed by atoms with van der Waals surface area (Å²) in [5.74, 6) is 1.11. The van der Waals surface area contributed by atoms with Crippen molar-refractivity contribution in [3.63, 3.8) is 0 Å². The minimum Gasteiger partial charge on any atom is -0.372 e. The van der Waals surface area contributed by atoms with Crippen LogP contribution in [0, 0.1) is 12.7 Å². The highest BCUT2D eigenvalue weighted by Gasteiger charge is 2.05. The average Bonchev–Trinajstić information content (AvgIpc) is 2.71. The highest BCUT2D eigenvalue weighted by Crippen LogP contribution is 2.21.